The molecule has 1 aliphatic rings. The normalized spacial score (nSPS) is 15.5. The van der Waals surface area contributed by atoms with Gasteiger partial charge in [-0.15, -0.1) is 12.4 Å². The largest absolute Gasteiger partial charge is 0.493 e. The monoisotopic (exact) mass is 433 g/mol. The van der Waals surface area contributed by atoms with Crippen molar-refractivity contribution in [3.05, 3.63) is 47.5 Å². The number of nitrogens with two attached hydrogens (primary N) is 1. The van der Waals surface area contributed by atoms with E-state index in [-0.39, 0.29) is 36.6 Å². The number of hydrogen-bond donors (Lipinski definition) is 2. The zero-order valence-corrected chi connectivity index (χ0v) is 18.3. The molecular weight excluding hydrogens is 406 g/mol. The molecular formula is C22H28ClN3O4. The summed E-state index contributed by atoms with van der Waals surface area (Å²) in [6, 6.07) is 11.1. The predicted molar refractivity (Wildman–Crippen MR) is 119 cm³/mol. The minimum atomic E-state index is -0.367. The van der Waals surface area contributed by atoms with Crippen molar-refractivity contribution >= 4 is 35.6 Å². The summed E-state index contributed by atoms with van der Waals surface area (Å²) in [5.41, 5.74) is 9.05. The van der Waals surface area contributed by atoms with Crippen LogP contribution in [0.15, 0.2) is 36.4 Å². The Morgan fingerprint density at radius 3 is 2.60 bits per heavy atom. The second kappa shape index (κ2) is 10.2. The number of carbonyl (C=O) groups excluding carboxylic acids is 2. The van der Waals surface area contributed by atoms with Crippen LogP contribution in [0.3, 0.4) is 0 Å². The number of nitrogen functional groups attached to an aromatic ring is 1. The zero-order chi connectivity index (χ0) is 21.0. The van der Waals surface area contributed by atoms with Crippen LogP contribution < -0.4 is 20.5 Å². The number of ether oxygens (including phenoxy) is 2. The number of aryl methyl sites for hydroxylation is 1. The van der Waals surface area contributed by atoms with Crippen molar-refractivity contribution in [1.82, 2.24) is 4.90 Å². The molecule has 0 aromatic heterocycles. The van der Waals surface area contributed by atoms with Gasteiger partial charge in [0.1, 0.15) is 0 Å². The number of nitrogens with one attached hydrogen (secondary N) is 1. The first-order chi connectivity index (χ1) is 13.9. The van der Waals surface area contributed by atoms with Crippen LogP contribution in [-0.4, -0.2) is 44.0 Å². The third-order valence-electron chi connectivity index (χ3n) is 5.22. The molecule has 0 spiro atoms. The molecule has 0 aliphatic carbocycles. The van der Waals surface area contributed by atoms with E-state index in [0.717, 1.165) is 11.1 Å². The van der Waals surface area contributed by atoms with Crippen LogP contribution in [0.2, 0.25) is 0 Å². The van der Waals surface area contributed by atoms with Crippen LogP contribution in [0.4, 0.5) is 11.4 Å². The van der Waals surface area contributed by atoms with Crippen molar-refractivity contribution in [3.63, 3.8) is 0 Å². The maximum Gasteiger partial charge on any atom is 0.229 e. The Morgan fingerprint density at radius 1 is 1.17 bits per heavy atom. The van der Waals surface area contributed by atoms with Crippen molar-refractivity contribution in [2.24, 2.45) is 5.92 Å². The maximum absolute atomic E-state index is 12.6. The summed E-state index contributed by atoms with van der Waals surface area (Å²) in [5.74, 6) is 0.805. The standard InChI is InChI=1S/C22H27N3O4.ClH/c1-14-4-6-17(23)12-18(14)24-22(27)16-11-21(26)25(13-16)9-8-15-5-7-19(28-2)20(10-15)29-3;/h4-7,10,12,16H,8-9,11,13,23H2,1-3H3,(H,24,27);1H. The number of likely N-dealkylation sites (tertiary alicyclic amines) is 1. The topological polar surface area (TPSA) is 93.9 Å². The minimum Gasteiger partial charge on any atom is -0.493 e. The summed E-state index contributed by atoms with van der Waals surface area (Å²) in [5, 5.41) is 2.91. The second-order valence-electron chi connectivity index (χ2n) is 7.24. The van der Waals surface area contributed by atoms with Gasteiger partial charge in [0.2, 0.25) is 11.8 Å². The van der Waals surface area contributed by atoms with E-state index < -0.39 is 0 Å². The molecule has 8 heteroatoms. The Kier molecular flexibility index (Phi) is 7.94. The van der Waals surface area contributed by atoms with Gasteiger partial charge in [-0.2, -0.15) is 0 Å². The van der Waals surface area contributed by atoms with Gasteiger partial charge < -0.3 is 25.4 Å². The predicted octanol–water partition coefficient (Wildman–Crippen LogP) is 3.05. The van der Waals surface area contributed by atoms with Crippen LogP contribution >= 0.6 is 12.4 Å². The fourth-order valence-electron chi connectivity index (χ4n) is 3.47. The highest BCUT2D eigenvalue weighted by Crippen LogP contribution is 2.28. The highest BCUT2D eigenvalue weighted by atomic mass is 35.5. The van der Waals surface area contributed by atoms with E-state index in [1.54, 1.807) is 31.3 Å². The number of rotatable bonds is 7. The van der Waals surface area contributed by atoms with Gasteiger partial charge in [-0.1, -0.05) is 12.1 Å². The van der Waals surface area contributed by atoms with Crippen LogP contribution in [0.1, 0.15) is 17.5 Å². The number of anilines is 2. The summed E-state index contributed by atoms with van der Waals surface area (Å²) in [6.45, 7) is 2.87. The Hall–Kier alpha value is -2.93. The van der Waals surface area contributed by atoms with Crippen LogP contribution in [0.5, 0.6) is 11.5 Å². The third-order valence-corrected chi connectivity index (χ3v) is 5.22. The summed E-state index contributed by atoms with van der Waals surface area (Å²) in [4.78, 5) is 26.8. The Morgan fingerprint density at radius 2 is 1.90 bits per heavy atom. The van der Waals surface area contributed by atoms with Crippen LogP contribution in [0, 0.1) is 12.8 Å². The second-order valence-corrected chi connectivity index (χ2v) is 7.24. The third kappa shape index (κ3) is 5.36. The van der Waals surface area contributed by atoms with E-state index in [1.807, 2.05) is 31.2 Å². The lowest BCUT2D eigenvalue weighted by molar-refractivity contribution is -0.128. The molecule has 2 aromatic rings. The molecule has 0 bridgehead atoms. The van der Waals surface area contributed by atoms with Crippen LogP contribution in [0.25, 0.3) is 0 Å². The van der Waals surface area contributed by atoms with Crippen molar-refractivity contribution in [2.45, 2.75) is 19.8 Å². The lowest BCUT2D eigenvalue weighted by Crippen LogP contribution is -2.30. The van der Waals surface area contributed by atoms with Gasteiger partial charge in [0, 0.05) is 30.9 Å². The molecule has 1 fully saturated rings. The van der Waals surface area contributed by atoms with E-state index >= 15 is 0 Å². The molecule has 162 valence electrons. The van der Waals surface area contributed by atoms with Gasteiger partial charge in [0.15, 0.2) is 11.5 Å². The number of halogens is 1. The minimum absolute atomic E-state index is 0. The van der Waals surface area contributed by atoms with E-state index in [9.17, 15) is 9.59 Å². The molecule has 1 unspecified atom stereocenters. The van der Waals surface area contributed by atoms with E-state index in [1.165, 1.54) is 0 Å². The van der Waals surface area contributed by atoms with Gasteiger partial charge in [-0.05, 0) is 48.7 Å². The molecule has 3 rings (SSSR count). The van der Waals surface area contributed by atoms with Gasteiger partial charge in [0.05, 0.1) is 20.1 Å². The maximum atomic E-state index is 12.6. The van der Waals surface area contributed by atoms with Crippen molar-refractivity contribution in [1.29, 1.82) is 0 Å². The number of benzene rings is 2. The van der Waals surface area contributed by atoms with E-state index in [0.29, 0.717) is 42.4 Å². The number of nitrogens with zero attached hydrogens (tertiary/aromatic N) is 1. The first kappa shape index (κ1) is 23.3. The van der Waals surface area contributed by atoms with Crippen molar-refractivity contribution in [2.75, 3.05) is 38.4 Å². The molecule has 0 radical (unpaired) electrons. The number of carbonyl (C=O) groups is 2. The lowest BCUT2D eigenvalue weighted by Gasteiger charge is -2.17. The van der Waals surface area contributed by atoms with Gasteiger partial charge in [0.25, 0.3) is 0 Å². The summed E-state index contributed by atoms with van der Waals surface area (Å²) >= 11 is 0. The smallest absolute Gasteiger partial charge is 0.229 e. The van der Waals surface area contributed by atoms with Crippen molar-refractivity contribution < 1.29 is 19.1 Å². The molecule has 2 aromatic carbocycles. The lowest BCUT2D eigenvalue weighted by atomic mass is 10.1. The summed E-state index contributed by atoms with van der Waals surface area (Å²) in [6.07, 6.45) is 0.897. The Labute approximate surface area is 182 Å². The molecule has 3 N–H and O–H groups in total. The highest BCUT2D eigenvalue weighted by molar-refractivity contribution is 5.98. The molecule has 1 atom stereocenters. The fourth-order valence-corrected chi connectivity index (χ4v) is 3.47. The molecule has 1 aliphatic heterocycles. The summed E-state index contributed by atoms with van der Waals surface area (Å²) < 4.78 is 10.6. The molecule has 0 saturated carbocycles. The van der Waals surface area contributed by atoms with Gasteiger partial charge in [-0.25, -0.2) is 0 Å². The molecule has 1 saturated heterocycles. The number of hydrogen-bond acceptors (Lipinski definition) is 5. The fraction of sp³-hybridized carbons (Fsp3) is 0.364. The quantitative estimate of drug-likeness (QED) is 0.654. The molecule has 7 nitrogen and oxygen atoms in total. The SMILES string of the molecule is COc1ccc(CCN2CC(C(=O)Nc3cc(N)ccc3C)CC2=O)cc1OC.Cl. The molecule has 1 heterocycles. The van der Waals surface area contributed by atoms with E-state index in [2.05, 4.69) is 5.32 Å². The average Bonchev–Trinajstić information content (AvgIpc) is 3.09. The number of amides is 2. The first-order valence-corrected chi connectivity index (χ1v) is 9.57. The Bertz CT molecular complexity index is 919. The van der Waals surface area contributed by atoms with Crippen LogP contribution in [-0.2, 0) is 16.0 Å². The van der Waals surface area contributed by atoms with Gasteiger partial charge in [-0.3, -0.25) is 9.59 Å². The number of methoxy groups -OCH3 is 2. The molecule has 30 heavy (non-hydrogen) atoms. The summed E-state index contributed by atoms with van der Waals surface area (Å²) in [7, 11) is 3.19. The Balaban J connectivity index is 0.00000320. The van der Waals surface area contributed by atoms with E-state index in [4.69, 9.17) is 15.2 Å². The zero-order valence-electron chi connectivity index (χ0n) is 17.4. The van der Waals surface area contributed by atoms with Gasteiger partial charge >= 0.3 is 0 Å². The highest BCUT2D eigenvalue weighted by Gasteiger charge is 2.34. The average molecular weight is 434 g/mol. The molecule has 2 amide bonds. The first-order valence-electron chi connectivity index (χ1n) is 9.57. The van der Waals surface area contributed by atoms with Crippen molar-refractivity contribution in [3.8, 4) is 11.5 Å².